The summed E-state index contributed by atoms with van der Waals surface area (Å²) in [7, 11) is 0. The van der Waals surface area contributed by atoms with Crippen molar-refractivity contribution in [3.63, 3.8) is 0 Å². The number of aromatic nitrogens is 3. The largest absolute Gasteiger partial charge is 0.461 e. The summed E-state index contributed by atoms with van der Waals surface area (Å²) in [6.45, 7) is 6.12. The topological polar surface area (TPSA) is 80.2 Å². The Morgan fingerprint density at radius 2 is 2.06 bits per heavy atom. The molecule has 6 nitrogen and oxygen atoms in total. The number of nitrogens with one attached hydrogen (secondary N) is 1. The summed E-state index contributed by atoms with van der Waals surface area (Å²) in [6.07, 6.45) is 1.17. The van der Waals surface area contributed by atoms with Crippen molar-refractivity contribution in [2.75, 3.05) is 11.9 Å². The summed E-state index contributed by atoms with van der Waals surface area (Å²) >= 11 is 5.77. The van der Waals surface area contributed by atoms with Crippen LogP contribution in [0.2, 0.25) is 5.28 Å². The molecule has 0 saturated heterocycles. The molecule has 0 spiro atoms. The van der Waals surface area contributed by atoms with E-state index in [0.29, 0.717) is 12.5 Å². The highest BCUT2D eigenvalue weighted by molar-refractivity contribution is 6.28. The molecule has 0 radical (unpaired) electrons. The highest BCUT2D eigenvalue weighted by atomic mass is 35.5. The monoisotopic (exact) mass is 274 g/mol. The maximum absolute atomic E-state index is 9.60. The molecule has 0 amide bonds. The fourth-order valence-corrected chi connectivity index (χ4v) is 1.47. The molecule has 102 valence electrons. The lowest BCUT2D eigenvalue weighted by atomic mass is 10.2. The first kappa shape index (κ1) is 14.9. The highest BCUT2D eigenvalue weighted by Gasteiger charge is 2.09. The first-order chi connectivity index (χ1) is 8.51. The van der Waals surface area contributed by atoms with Crippen LogP contribution in [0.1, 0.15) is 33.6 Å². The molecule has 2 N–H and O–H groups in total. The number of ether oxygens (including phenoxy) is 1. The zero-order chi connectivity index (χ0) is 13.5. The Morgan fingerprint density at radius 1 is 1.33 bits per heavy atom. The average molecular weight is 275 g/mol. The van der Waals surface area contributed by atoms with E-state index in [9.17, 15) is 5.11 Å². The smallest absolute Gasteiger partial charge is 0.322 e. The third kappa shape index (κ3) is 5.46. The van der Waals surface area contributed by atoms with Gasteiger partial charge in [0, 0.05) is 6.54 Å². The summed E-state index contributed by atoms with van der Waals surface area (Å²) in [6, 6.07) is 0.178. The molecule has 7 heteroatoms. The molecule has 1 unspecified atom stereocenters. The molecule has 1 atom stereocenters. The Kier molecular flexibility index (Phi) is 6.07. The summed E-state index contributed by atoms with van der Waals surface area (Å²) < 4.78 is 5.34. The van der Waals surface area contributed by atoms with E-state index in [1.807, 2.05) is 20.8 Å². The quantitative estimate of drug-likeness (QED) is 0.790. The Labute approximate surface area is 112 Å². The molecule has 1 aromatic rings. The minimum Gasteiger partial charge on any atom is -0.461 e. The van der Waals surface area contributed by atoms with Crippen LogP contribution in [0.5, 0.6) is 6.01 Å². The molecular formula is C11H19ClN4O2. The molecule has 1 aromatic heterocycles. The zero-order valence-electron chi connectivity index (χ0n) is 10.9. The van der Waals surface area contributed by atoms with E-state index in [4.69, 9.17) is 16.3 Å². The van der Waals surface area contributed by atoms with E-state index in [-0.39, 0.29) is 17.4 Å². The van der Waals surface area contributed by atoms with Crippen LogP contribution >= 0.6 is 11.6 Å². The minimum atomic E-state index is -0.431. The summed E-state index contributed by atoms with van der Waals surface area (Å²) in [5.74, 6) is 0.306. The lowest BCUT2D eigenvalue weighted by molar-refractivity contribution is 0.176. The maximum Gasteiger partial charge on any atom is 0.322 e. The number of aliphatic hydroxyl groups excluding tert-OH is 1. The number of anilines is 1. The Bertz CT molecular complexity index is 376. The van der Waals surface area contributed by atoms with Crippen LogP contribution in [0.4, 0.5) is 5.95 Å². The highest BCUT2D eigenvalue weighted by Crippen LogP contribution is 2.12. The molecule has 18 heavy (non-hydrogen) atoms. The Balaban J connectivity index is 2.62. The van der Waals surface area contributed by atoms with Crippen LogP contribution in [-0.4, -0.2) is 38.8 Å². The molecule has 0 saturated carbocycles. The lowest BCUT2D eigenvalue weighted by Gasteiger charge is -2.12. The molecule has 0 bridgehead atoms. The van der Waals surface area contributed by atoms with Crippen LogP contribution in [0.15, 0.2) is 0 Å². The van der Waals surface area contributed by atoms with E-state index in [1.165, 1.54) is 0 Å². The molecule has 0 aliphatic rings. The van der Waals surface area contributed by atoms with Gasteiger partial charge in [-0.1, -0.05) is 13.3 Å². The van der Waals surface area contributed by atoms with E-state index in [0.717, 1.165) is 12.8 Å². The van der Waals surface area contributed by atoms with Crippen molar-refractivity contribution in [2.24, 2.45) is 0 Å². The molecule has 0 aliphatic heterocycles. The number of nitrogens with zero attached hydrogens (tertiary/aromatic N) is 3. The number of halogens is 1. The van der Waals surface area contributed by atoms with Gasteiger partial charge in [0.2, 0.25) is 11.2 Å². The average Bonchev–Trinajstić information content (AvgIpc) is 2.25. The fraction of sp³-hybridized carbons (Fsp3) is 0.727. The predicted octanol–water partition coefficient (Wildman–Crippen LogP) is 1.89. The zero-order valence-corrected chi connectivity index (χ0v) is 11.6. The fourth-order valence-electron chi connectivity index (χ4n) is 1.32. The molecule has 1 heterocycles. The van der Waals surface area contributed by atoms with Crippen molar-refractivity contribution < 1.29 is 9.84 Å². The van der Waals surface area contributed by atoms with Crippen LogP contribution in [0.3, 0.4) is 0 Å². The van der Waals surface area contributed by atoms with Crippen LogP contribution in [-0.2, 0) is 0 Å². The van der Waals surface area contributed by atoms with E-state index >= 15 is 0 Å². The van der Waals surface area contributed by atoms with Crippen molar-refractivity contribution in [1.82, 2.24) is 15.0 Å². The normalized spacial score (nSPS) is 12.6. The van der Waals surface area contributed by atoms with E-state index < -0.39 is 6.10 Å². The minimum absolute atomic E-state index is 0.0398. The van der Waals surface area contributed by atoms with Gasteiger partial charge < -0.3 is 15.2 Å². The number of aliphatic hydroxyl groups is 1. The van der Waals surface area contributed by atoms with Gasteiger partial charge in [-0.15, -0.1) is 0 Å². The van der Waals surface area contributed by atoms with Gasteiger partial charge in [0.05, 0.1) is 12.2 Å². The van der Waals surface area contributed by atoms with Crippen LogP contribution < -0.4 is 10.1 Å². The Morgan fingerprint density at radius 3 is 2.67 bits per heavy atom. The standard InChI is InChI=1S/C11H19ClN4O2/c1-4-5-8(17)6-13-10-14-9(12)15-11(16-10)18-7(2)3/h7-8,17H,4-6H2,1-3H3,(H,13,14,15,16). The second-order valence-electron chi connectivity index (χ2n) is 4.20. The molecular weight excluding hydrogens is 256 g/mol. The molecule has 0 fully saturated rings. The van der Waals surface area contributed by atoms with Gasteiger partial charge in [0.15, 0.2) is 0 Å². The Hall–Kier alpha value is -1.14. The summed E-state index contributed by atoms with van der Waals surface area (Å²) in [4.78, 5) is 11.8. The van der Waals surface area contributed by atoms with E-state index in [2.05, 4.69) is 20.3 Å². The van der Waals surface area contributed by atoms with Gasteiger partial charge in [0.25, 0.3) is 0 Å². The van der Waals surface area contributed by atoms with Crippen molar-refractivity contribution in [3.8, 4) is 6.01 Å². The number of hydrogen-bond donors (Lipinski definition) is 2. The van der Waals surface area contributed by atoms with Gasteiger partial charge in [-0.3, -0.25) is 0 Å². The van der Waals surface area contributed by atoms with Gasteiger partial charge in [-0.05, 0) is 31.9 Å². The first-order valence-electron chi connectivity index (χ1n) is 6.01. The third-order valence-corrected chi connectivity index (χ3v) is 2.22. The van der Waals surface area contributed by atoms with Crippen molar-refractivity contribution in [1.29, 1.82) is 0 Å². The third-order valence-electron chi connectivity index (χ3n) is 2.05. The van der Waals surface area contributed by atoms with Crippen molar-refractivity contribution in [2.45, 2.75) is 45.8 Å². The SMILES string of the molecule is CCCC(O)CNc1nc(Cl)nc(OC(C)C)n1. The summed E-state index contributed by atoms with van der Waals surface area (Å²) in [5, 5.41) is 12.6. The maximum atomic E-state index is 9.60. The lowest BCUT2D eigenvalue weighted by Crippen LogP contribution is -2.20. The molecule has 0 aromatic carbocycles. The van der Waals surface area contributed by atoms with Crippen LogP contribution in [0, 0.1) is 0 Å². The van der Waals surface area contributed by atoms with Gasteiger partial charge >= 0.3 is 6.01 Å². The first-order valence-corrected chi connectivity index (χ1v) is 6.39. The number of rotatable bonds is 7. The van der Waals surface area contributed by atoms with Crippen molar-refractivity contribution >= 4 is 17.5 Å². The van der Waals surface area contributed by atoms with Gasteiger partial charge in [-0.25, -0.2) is 0 Å². The van der Waals surface area contributed by atoms with Gasteiger partial charge in [0.1, 0.15) is 0 Å². The second-order valence-corrected chi connectivity index (χ2v) is 4.54. The van der Waals surface area contributed by atoms with Crippen LogP contribution in [0.25, 0.3) is 0 Å². The van der Waals surface area contributed by atoms with Crippen molar-refractivity contribution in [3.05, 3.63) is 5.28 Å². The second kappa shape index (κ2) is 7.33. The van der Waals surface area contributed by atoms with E-state index in [1.54, 1.807) is 0 Å². The molecule has 1 rings (SSSR count). The summed E-state index contributed by atoms with van der Waals surface area (Å²) in [5.41, 5.74) is 0. The number of hydrogen-bond acceptors (Lipinski definition) is 6. The predicted molar refractivity (Wildman–Crippen MR) is 70.0 cm³/mol. The van der Waals surface area contributed by atoms with Gasteiger partial charge in [-0.2, -0.15) is 15.0 Å². The molecule has 0 aliphatic carbocycles.